The summed E-state index contributed by atoms with van der Waals surface area (Å²) in [6, 6.07) is 6.39. The highest BCUT2D eigenvalue weighted by atomic mass is 127. The highest BCUT2D eigenvalue weighted by Gasteiger charge is 2.38. The monoisotopic (exact) mass is 621 g/mol. The van der Waals surface area contributed by atoms with E-state index in [1.807, 2.05) is 57.2 Å². The average Bonchev–Trinajstić information content (AvgIpc) is 3.02. The number of ether oxygens (including phenoxy) is 3. The van der Waals surface area contributed by atoms with Gasteiger partial charge in [0, 0.05) is 14.0 Å². The first-order valence-corrected chi connectivity index (χ1v) is 13.5. The quantitative estimate of drug-likeness (QED) is 0.232. The van der Waals surface area contributed by atoms with E-state index >= 15 is 0 Å². The zero-order valence-corrected chi connectivity index (χ0v) is 24.0. The van der Waals surface area contributed by atoms with Crippen molar-refractivity contribution in [2.75, 3.05) is 24.1 Å². The van der Waals surface area contributed by atoms with Crippen LogP contribution >= 0.6 is 22.6 Å². The Balaban J connectivity index is 2.50. The van der Waals surface area contributed by atoms with Crippen molar-refractivity contribution in [2.24, 2.45) is 13.0 Å². The number of anilines is 1. The molecule has 1 amide bonds. The third kappa shape index (κ3) is 7.32. The number of hydrogen-bond acceptors (Lipinski definition) is 8. The van der Waals surface area contributed by atoms with Gasteiger partial charge in [-0.25, -0.2) is 17.9 Å². The van der Waals surface area contributed by atoms with Crippen molar-refractivity contribution in [3.05, 3.63) is 33.4 Å². The van der Waals surface area contributed by atoms with Gasteiger partial charge >= 0.3 is 12.1 Å². The van der Waals surface area contributed by atoms with E-state index in [1.165, 1.54) is 30.8 Å². The number of benzene rings is 1. The maximum absolute atomic E-state index is 13.7. The molecule has 0 spiro atoms. The molecule has 10 nitrogen and oxygen atoms in total. The number of amides is 1. The molecule has 0 saturated heterocycles. The second kappa shape index (κ2) is 11.6. The summed E-state index contributed by atoms with van der Waals surface area (Å²) in [6.07, 6.45) is -1.05. The molecular formula is C23H32IN3O7S. The van der Waals surface area contributed by atoms with E-state index < -0.39 is 22.1 Å². The molecule has 0 fully saturated rings. The van der Waals surface area contributed by atoms with Gasteiger partial charge in [0.25, 0.3) is 10.0 Å². The second-order valence-corrected chi connectivity index (χ2v) is 12.1. The predicted octanol–water partition coefficient (Wildman–Crippen LogP) is 4.25. The SMILES string of the molecule is CC(=O)OCCOc1nn(C)c(N(C(=O)OCC(C)C)S(=O)(=O)c2ccc(C(C)(C)C)cc2)c1I. The molecule has 0 bridgehead atoms. The Kier molecular flexibility index (Phi) is 9.56. The van der Waals surface area contributed by atoms with E-state index in [9.17, 15) is 18.0 Å². The molecule has 0 N–H and O–H groups in total. The summed E-state index contributed by atoms with van der Waals surface area (Å²) in [4.78, 5) is 24.0. The minimum atomic E-state index is -4.36. The van der Waals surface area contributed by atoms with Gasteiger partial charge in [-0.05, 0) is 51.6 Å². The second-order valence-electron chi connectivity index (χ2n) is 9.27. The summed E-state index contributed by atoms with van der Waals surface area (Å²) in [6.45, 7) is 11.1. The van der Waals surface area contributed by atoms with Crippen molar-refractivity contribution >= 4 is 50.5 Å². The number of esters is 1. The topological polar surface area (TPSA) is 117 Å². The fourth-order valence-corrected chi connectivity index (χ4v) is 5.32. The molecule has 0 radical (unpaired) electrons. The maximum atomic E-state index is 13.7. The standard InChI is InChI=1S/C23H32IN3O7S/c1-15(2)14-34-22(29)27(35(30,31)18-10-8-17(9-11-18)23(4,5)6)21-19(24)20(25-26(21)7)33-13-12-32-16(3)28/h8-11,15H,12-14H2,1-7H3. The average molecular weight is 621 g/mol. The zero-order valence-electron chi connectivity index (χ0n) is 21.0. The van der Waals surface area contributed by atoms with Crippen molar-refractivity contribution in [1.82, 2.24) is 9.78 Å². The minimum absolute atomic E-state index is 0.000327. The number of aryl methyl sites for hydroxylation is 1. The van der Waals surface area contributed by atoms with Crippen molar-refractivity contribution in [1.29, 1.82) is 0 Å². The molecule has 0 aliphatic heterocycles. The molecule has 1 aromatic carbocycles. The third-order valence-corrected chi connectivity index (χ3v) is 7.33. The summed E-state index contributed by atoms with van der Waals surface area (Å²) in [5, 5.41) is 4.21. The summed E-state index contributed by atoms with van der Waals surface area (Å²) >= 11 is 1.86. The molecule has 0 atom stereocenters. The van der Waals surface area contributed by atoms with Gasteiger partial charge in [-0.1, -0.05) is 46.8 Å². The smallest absolute Gasteiger partial charge is 0.429 e. The normalized spacial score (nSPS) is 11.9. The highest BCUT2D eigenvalue weighted by Crippen LogP contribution is 2.35. The Morgan fingerprint density at radius 1 is 1.11 bits per heavy atom. The molecule has 0 aliphatic carbocycles. The van der Waals surface area contributed by atoms with Crippen LogP contribution in [0.3, 0.4) is 0 Å². The molecule has 1 heterocycles. The summed E-state index contributed by atoms with van der Waals surface area (Å²) in [7, 11) is -2.87. The number of nitrogens with zero attached hydrogens (tertiary/aromatic N) is 3. The Morgan fingerprint density at radius 2 is 1.71 bits per heavy atom. The lowest BCUT2D eigenvalue weighted by Gasteiger charge is -2.23. The fraction of sp³-hybridized carbons (Fsp3) is 0.522. The summed E-state index contributed by atoms with van der Waals surface area (Å²) in [5.41, 5.74) is 0.775. The molecule has 0 saturated carbocycles. The molecule has 1 aromatic heterocycles. The Bertz CT molecular complexity index is 1150. The van der Waals surface area contributed by atoms with Gasteiger partial charge in [0.2, 0.25) is 5.88 Å². The van der Waals surface area contributed by atoms with Crippen LogP contribution in [-0.4, -0.2) is 50.1 Å². The molecule has 2 rings (SSSR count). The first kappa shape index (κ1) is 28.9. The van der Waals surface area contributed by atoms with E-state index in [1.54, 1.807) is 12.1 Å². The lowest BCUT2D eigenvalue weighted by molar-refractivity contribution is -0.141. The first-order valence-electron chi connectivity index (χ1n) is 11.0. The number of carbonyl (C=O) groups excluding carboxylic acids is 2. The predicted molar refractivity (Wildman–Crippen MR) is 139 cm³/mol. The largest absolute Gasteiger partial charge is 0.472 e. The van der Waals surface area contributed by atoms with Crippen LogP contribution < -0.4 is 9.04 Å². The van der Waals surface area contributed by atoms with Crippen molar-refractivity contribution in [3.8, 4) is 5.88 Å². The van der Waals surface area contributed by atoms with Crippen LogP contribution in [0.2, 0.25) is 0 Å². The fourth-order valence-electron chi connectivity index (χ4n) is 2.93. The summed E-state index contributed by atoms with van der Waals surface area (Å²) in [5.74, 6) is -0.384. The van der Waals surface area contributed by atoms with Gasteiger partial charge in [-0.3, -0.25) is 4.79 Å². The van der Waals surface area contributed by atoms with Gasteiger partial charge in [-0.15, -0.1) is 9.40 Å². The van der Waals surface area contributed by atoms with Crippen LogP contribution in [-0.2, 0) is 36.8 Å². The molecule has 0 unspecified atom stereocenters. The van der Waals surface area contributed by atoms with E-state index in [2.05, 4.69) is 5.10 Å². The Morgan fingerprint density at radius 3 is 2.23 bits per heavy atom. The number of rotatable bonds is 9. The van der Waals surface area contributed by atoms with Gasteiger partial charge in [-0.2, -0.15) is 0 Å². The van der Waals surface area contributed by atoms with E-state index in [4.69, 9.17) is 14.2 Å². The lowest BCUT2D eigenvalue weighted by Crippen LogP contribution is -2.39. The van der Waals surface area contributed by atoms with Crippen LogP contribution in [0.25, 0.3) is 0 Å². The molecular weight excluding hydrogens is 589 g/mol. The number of carbonyl (C=O) groups is 2. The lowest BCUT2D eigenvalue weighted by atomic mass is 9.87. The molecule has 35 heavy (non-hydrogen) atoms. The molecule has 12 heteroatoms. The minimum Gasteiger partial charge on any atom is -0.472 e. The van der Waals surface area contributed by atoms with E-state index in [-0.39, 0.29) is 51.3 Å². The van der Waals surface area contributed by atoms with Crippen LogP contribution in [0.5, 0.6) is 5.88 Å². The highest BCUT2D eigenvalue weighted by molar-refractivity contribution is 14.1. The van der Waals surface area contributed by atoms with Crippen LogP contribution in [0.15, 0.2) is 29.2 Å². The van der Waals surface area contributed by atoms with Crippen molar-refractivity contribution in [2.45, 2.75) is 51.9 Å². The zero-order chi connectivity index (χ0) is 26.6. The van der Waals surface area contributed by atoms with E-state index in [0.29, 0.717) is 4.31 Å². The maximum Gasteiger partial charge on any atom is 0.429 e. The summed E-state index contributed by atoms with van der Waals surface area (Å²) < 4.78 is 45.3. The molecule has 194 valence electrons. The third-order valence-electron chi connectivity index (χ3n) is 4.72. The van der Waals surface area contributed by atoms with Crippen LogP contribution in [0, 0.1) is 9.49 Å². The molecule has 0 aliphatic rings. The van der Waals surface area contributed by atoms with Gasteiger partial charge in [0.1, 0.15) is 16.8 Å². The van der Waals surface area contributed by atoms with E-state index in [0.717, 1.165) is 5.56 Å². The number of sulfonamides is 1. The van der Waals surface area contributed by atoms with Gasteiger partial charge in [0.05, 0.1) is 11.5 Å². The van der Waals surface area contributed by atoms with Crippen molar-refractivity contribution in [3.63, 3.8) is 0 Å². The number of aromatic nitrogens is 2. The van der Waals surface area contributed by atoms with Crippen LogP contribution in [0.4, 0.5) is 10.6 Å². The van der Waals surface area contributed by atoms with Crippen molar-refractivity contribution < 1.29 is 32.2 Å². The van der Waals surface area contributed by atoms with Gasteiger partial charge in [0.15, 0.2) is 5.82 Å². The Hall–Kier alpha value is -2.35. The van der Waals surface area contributed by atoms with Gasteiger partial charge < -0.3 is 14.2 Å². The molecule has 2 aromatic rings. The number of halogens is 1. The van der Waals surface area contributed by atoms with Crippen LogP contribution in [0.1, 0.15) is 47.1 Å². The first-order chi connectivity index (χ1) is 16.2. The Labute approximate surface area is 220 Å². The number of hydrogen-bond donors (Lipinski definition) is 0.